The van der Waals surface area contributed by atoms with Crippen LogP contribution < -0.4 is 21.7 Å². The number of nitrogens with two attached hydrogens (primary N) is 1. The first-order chi connectivity index (χ1) is 15.0. The summed E-state index contributed by atoms with van der Waals surface area (Å²) in [6.07, 6.45) is 1.64. The molecule has 0 aliphatic carbocycles. The monoisotopic (exact) mass is 472 g/mol. The van der Waals surface area contributed by atoms with Gasteiger partial charge in [0.25, 0.3) is 0 Å². The van der Waals surface area contributed by atoms with Crippen LogP contribution in [0.4, 0.5) is 0 Å². The number of amides is 3. The molecule has 1 aromatic heterocycles. The van der Waals surface area contributed by atoms with Crippen molar-refractivity contribution in [1.82, 2.24) is 25.9 Å². The molecule has 3 amide bonds. The lowest BCUT2D eigenvalue weighted by Gasteiger charge is -2.27. The van der Waals surface area contributed by atoms with Gasteiger partial charge < -0.3 is 36.9 Å². The number of aromatic amines is 1. The van der Waals surface area contributed by atoms with E-state index in [1.165, 1.54) is 19.4 Å². The lowest BCUT2D eigenvalue weighted by atomic mass is 10.0. The normalized spacial score (nSPS) is 15.8. The van der Waals surface area contributed by atoms with Crippen LogP contribution in [-0.4, -0.2) is 79.9 Å². The number of carboxylic acids is 1. The first-order valence-electron chi connectivity index (χ1n) is 10.1. The van der Waals surface area contributed by atoms with Crippen LogP contribution in [0, 0.1) is 5.92 Å². The van der Waals surface area contributed by atoms with Crippen LogP contribution in [0.1, 0.15) is 32.9 Å². The van der Waals surface area contributed by atoms with Gasteiger partial charge in [-0.2, -0.15) is 12.6 Å². The highest BCUT2D eigenvalue weighted by molar-refractivity contribution is 7.80. The molecule has 13 heteroatoms. The molecule has 0 aliphatic heterocycles. The highest BCUT2D eigenvalue weighted by Gasteiger charge is 2.33. The molecule has 12 nitrogen and oxygen atoms in total. The average Bonchev–Trinajstić information content (AvgIpc) is 3.22. The summed E-state index contributed by atoms with van der Waals surface area (Å²) in [4.78, 5) is 55.7. The number of nitrogens with one attached hydrogen (secondary N) is 4. The number of hydrogen-bond acceptors (Lipinski definition) is 8. The van der Waals surface area contributed by atoms with Crippen molar-refractivity contribution in [3.05, 3.63) is 18.2 Å². The molecule has 0 saturated carbocycles. The molecule has 0 bridgehead atoms. The Morgan fingerprint density at radius 1 is 1.09 bits per heavy atom. The van der Waals surface area contributed by atoms with E-state index in [0.29, 0.717) is 5.69 Å². The van der Waals surface area contributed by atoms with Crippen LogP contribution in [0.25, 0.3) is 0 Å². The Bertz CT molecular complexity index is 772. The second-order valence-electron chi connectivity index (χ2n) is 7.89. The Labute approximate surface area is 191 Å². The van der Waals surface area contributed by atoms with Gasteiger partial charge in [-0.05, 0) is 19.3 Å². The molecule has 0 aromatic carbocycles. The Kier molecular flexibility index (Phi) is 11.2. The minimum Gasteiger partial charge on any atom is -0.480 e. The van der Waals surface area contributed by atoms with E-state index in [-0.39, 0.29) is 24.5 Å². The Hall–Kier alpha value is -2.64. The fourth-order valence-corrected chi connectivity index (χ4v) is 2.97. The maximum absolute atomic E-state index is 12.8. The third-order valence-electron chi connectivity index (χ3n) is 4.53. The minimum absolute atomic E-state index is 0.0166. The van der Waals surface area contributed by atoms with Gasteiger partial charge in [-0.15, -0.1) is 0 Å². The summed E-state index contributed by atoms with van der Waals surface area (Å²) in [5, 5.41) is 26.7. The van der Waals surface area contributed by atoms with E-state index in [9.17, 15) is 29.4 Å². The molecule has 8 N–H and O–H groups in total. The zero-order chi connectivity index (χ0) is 24.4. The van der Waals surface area contributed by atoms with E-state index in [1.54, 1.807) is 0 Å². The SMILES string of the molecule is CC(C)CC(NC(=O)C(N)CS)C(=O)NC(C(=O)NC(Cc1cnc[nH]1)C(=O)O)C(C)O. The Morgan fingerprint density at radius 3 is 2.19 bits per heavy atom. The largest absolute Gasteiger partial charge is 0.480 e. The lowest BCUT2D eigenvalue weighted by molar-refractivity contribution is -0.143. The van der Waals surface area contributed by atoms with Crippen molar-refractivity contribution in [2.45, 2.75) is 63.9 Å². The maximum Gasteiger partial charge on any atom is 0.326 e. The summed E-state index contributed by atoms with van der Waals surface area (Å²) in [5.74, 6) is -3.38. The van der Waals surface area contributed by atoms with Gasteiger partial charge in [0.05, 0.1) is 18.5 Å². The molecule has 180 valence electrons. The number of hydrogen-bond donors (Lipinski definition) is 8. The van der Waals surface area contributed by atoms with Crippen LogP contribution in [0.3, 0.4) is 0 Å². The molecule has 32 heavy (non-hydrogen) atoms. The molecule has 0 aliphatic rings. The number of nitrogens with zero attached hydrogens (tertiary/aromatic N) is 1. The van der Waals surface area contributed by atoms with Crippen LogP contribution in [0.2, 0.25) is 0 Å². The Balaban J connectivity index is 2.92. The van der Waals surface area contributed by atoms with Crippen LogP contribution >= 0.6 is 12.6 Å². The molecule has 0 fully saturated rings. The average molecular weight is 473 g/mol. The molecule has 1 rings (SSSR count). The van der Waals surface area contributed by atoms with Crippen molar-refractivity contribution in [2.24, 2.45) is 11.7 Å². The number of aliphatic hydroxyl groups is 1. The number of aliphatic hydroxyl groups excluding tert-OH is 1. The van der Waals surface area contributed by atoms with Crippen LogP contribution in [0.5, 0.6) is 0 Å². The quantitative estimate of drug-likeness (QED) is 0.153. The van der Waals surface area contributed by atoms with Gasteiger partial charge in [-0.3, -0.25) is 14.4 Å². The fraction of sp³-hybridized carbons (Fsp3) is 0.632. The van der Waals surface area contributed by atoms with E-state index in [4.69, 9.17) is 5.73 Å². The molecule has 0 radical (unpaired) electrons. The summed E-state index contributed by atoms with van der Waals surface area (Å²) in [7, 11) is 0. The first-order valence-corrected chi connectivity index (χ1v) is 10.7. The van der Waals surface area contributed by atoms with Gasteiger partial charge in [0.15, 0.2) is 0 Å². The van der Waals surface area contributed by atoms with Crippen molar-refractivity contribution in [3.63, 3.8) is 0 Å². The number of carbonyl (C=O) groups is 4. The standard InChI is InChI=1S/C19H32N6O6S/c1-9(2)4-13(23-16(27)12(20)7-32)17(28)25-15(10(3)26)18(29)24-14(19(30)31)5-11-6-21-8-22-11/h6,8-10,12-15,26,32H,4-5,7,20H2,1-3H3,(H,21,22)(H,23,27)(H,24,29)(H,25,28)(H,30,31). The topological polar surface area (TPSA) is 200 Å². The fourth-order valence-electron chi connectivity index (χ4n) is 2.80. The van der Waals surface area contributed by atoms with Crippen molar-refractivity contribution in [3.8, 4) is 0 Å². The number of rotatable bonds is 13. The van der Waals surface area contributed by atoms with E-state index >= 15 is 0 Å². The summed E-state index contributed by atoms with van der Waals surface area (Å²) >= 11 is 3.96. The molecule has 1 aromatic rings. The van der Waals surface area contributed by atoms with Gasteiger partial charge in [0.1, 0.15) is 18.1 Å². The zero-order valence-corrected chi connectivity index (χ0v) is 19.1. The predicted molar refractivity (Wildman–Crippen MR) is 119 cm³/mol. The number of carbonyl (C=O) groups excluding carboxylic acids is 3. The van der Waals surface area contributed by atoms with Gasteiger partial charge in [-0.1, -0.05) is 13.8 Å². The summed E-state index contributed by atoms with van der Waals surface area (Å²) in [6.45, 7) is 4.97. The summed E-state index contributed by atoms with van der Waals surface area (Å²) in [5.41, 5.74) is 6.13. The molecular weight excluding hydrogens is 440 g/mol. The van der Waals surface area contributed by atoms with Crippen molar-refractivity contribution in [2.75, 3.05) is 5.75 Å². The number of aliphatic carboxylic acids is 1. The van der Waals surface area contributed by atoms with Gasteiger partial charge in [0.2, 0.25) is 17.7 Å². The third-order valence-corrected chi connectivity index (χ3v) is 4.92. The second kappa shape index (κ2) is 13.0. The van der Waals surface area contributed by atoms with Gasteiger partial charge in [0, 0.05) is 24.1 Å². The molecule has 0 saturated heterocycles. The van der Waals surface area contributed by atoms with Crippen molar-refractivity contribution >= 4 is 36.3 Å². The van der Waals surface area contributed by atoms with Crippen molar-refractivity contribution in [1.29, 1.82) is 0 Å². The van der Waals surface area contributed by atoms with Gasteiger partial charge in [-0.25, -0.2) is 9.78 Å². The number of carboxylic acid groups (broad SMARTS) is 1. The summed E-state index contributed by atoms with van der Waals surface area (Å²) in [6, 6.07) is -4.70. The van der Waals surface area contributed by atoms with E-state index < -0.39 is 54.0 Å². The molecule has 1 heterocycles. The predicted octanol–water partition coefficient (Wildman–Crippen LogP) is -1.82. The third kappa shape index (κ3) is 8.85. The van der Waals surface area contributed by atoms with Crippen LogP contribution in [-0.2, 0) is 25.6 Å². The highest BCUT2D eigenvalue weighted by Crippen LogP contribution is 2.07. The highest BCUT2D eigenvalue weighted by atomic mass is 32.1. The molecule has 0 spiro atoms. The Morgan fingerprint density at radius 2 is 1.72 bits per heavy atom. The molecular formula is C19H32N6O6S. The first kappa shape index (κ1) is 27.4. The number of aromatic nitrogens is 2. The molecule has 5 atom stereocenters. The maximum atomic E-state index is 12.8. The zero-order valence-electron chi connectivity index (χ0n) is 18.2. The molecule has 5 unspecified atom stereocenters. The van der Waals surface area contributed by atoms with Gasteiger partial charge >= 0.3 is 5.97 Å². The second-order valence-corrected chi connectivity index (χ2v) is 8.25. The van der Waals surface area contributed by atoms with Crippen LogP contribution in [0.15, 0.2) is 12.5 Å². The number of thiol groups is 1. The smallest absolute Gasteiger partial charge is 0.326 e. The van der Waals surface area contributed by atoms with E-state index in [1.807, 2.05) is 13.8 Å². The number of imidazole rings is 1. The van der Waals surface area contributed by atoms with E-state index in [2.05, 4.69) is 38.5 Å². The lowest BCUT2D eigenvalue weighted by Crippen LogP contribution is -2.60. The van der Waals surface area contributed by atoms with Crippen molar-refractivity contribution < 1.29 is 29.4 Å². The number of H-pyrrole nitrogens is 1. The minimum atomic E-state index is -1.45. The van der Waals surface area contributed by atoms with E-state index in [0.717, 1.165) is 0 Å². The summed E-state index contributed by atoms with van der Waals surface area (Å²) < 4.78 is 0.